The van der Waals surface area contributed by atoms with Gasteiger partial charge in [0, 0.05) is 54.0 Å². The van der Waals surface area contributed by atoms with Gasteiger partial charge in [-0.25, -0.2) is 4.98 Å². The number of carbonyl (C=O) groups excluding carboxylic acids is 2. The summed E-state index contributed by atoms with van der Waals surface area (Å²) < 4.78 is 0. The van der Waals surface area contributed by atoms with Crippen molar-refractivity contribution in [3.8, 4) is 5.75 Å². The van der Waals surface area contributed by atoms with Crippen molar-refractivity contribution in [3.05, 3.63) is 57.9 Å². The third kappa shape index (κ3) is 4.69. The van der Waals surface area contributed by atoms with E-state index in [9.17, 15) is 14.7 Å². The molecule has 2 aliphatic rings. The van der Waals surface area contributed by atoms with Crippen LogP contribution in [0.25, 0.3) is 0 Å². The van der Waals surface area contributed by atoms with E-state index in [0.29, 0.717) is 48.4 Å². The van der Waals surface area contributed by atoms with Crippen LogP contribution in [0, 0.1) is 5.41 Å². The first-order valence-corrected chi connectivity index (χ1v) is 12.1. The number of hydrogen-bond acceptors (Lipinski definition) is 5. The van der Waals surface area contributed by atoms with Crippen LogP contribution in [0.3, 0.4) is 0 Å². The van der Waals surface area contributed by atoms with E-state index in [2.05, 4.69) is 4.98 Å². The molecular formula is C27H34N4O3. The maximum Gasteiger partial charge on any atom is 0.222 e. The summed E-state index contributed by atoms with van der Waals surface area (Å²) in [7, 11) is 0. The lowest BCUT2D eigenvalue weighted by molar-refractivity contribution is -0.133. The number of rotatable bonds is 6. The number of amidine groups is 1. The lowest BCUT2D eigenvalue weighted by atomic mass is 9.83. The molecule has 0 aliphatic carbocycles. The Labute approximate surface area is 201 Å². The maximum absolute atomic E-state index is 13.4. The molecule has 0 bridgehead atoms. The van der Waals surface area contributed by atoms with Crippen LogP contribution in [-0.2, 0) is 29.7 Å². The Kier molecular flexibility index (Phi) is 6.47. The van der Waals surface area contributed by atoms with Gasteiger partial charge in [0.2, 0.25) is 5.91 Å². The highest BCUT2D eigenvalue weighted by molar-refractivity contribution is 6.04. The van der Waals surface area contributed by atoms with Crippen molar-refractivity contribution < 1.29 is 14.7 Å². The molecule has 180 valence electrons. The lowest BCUT2D eigenvalue weighted by Gasteiger charge is -2.29. The van der Waals surface area contributed by atoms with Gasteiger partial charge in [-0.1, -0.05) is 33.8 Å². The highest BCUT2D eigenvalue weighted by atomic mass is 16.3. The number of nitrogens with one attached hydrogen (secondary N) is 1. The smallest absolute Gasteiger partial charge is 0.222 e. The van der Waals surface area contributed by atoms with Crippen molar-refractivity contribution in [3.63, 3.8) is 0 Å². The first-order valence-electron chi connectivity index (χ1n) is 12.1. The molecule has 1 aromatic carbocycles. The fraction of sp³-hybridized carbons (Fsp3) is 0.481. The number of pyridine rings is 1. The minimum Gasteiger partial charge on any atom is -0.507 e. The van der Waals surface area contributed by atoms with Crippen LogP contribution >= 0.6 is 0 Å². The number of aromatic nitrogens is 1. The van der Waals surface area contributed by atoms with Crippen LogP contribution in [0.4, 0.5) is 0 Å². The van der Waals surface area contributed by atoms with Crippen molar-refractivity contribution in [1.29, 1.82) is 5.41 Å². The molecule has 7 heteroatoms. The molecule has 34 heavy (non-hydrogen) atoms. The van der Waals surface area contributed by atoms with Gasteiger partial charge in [-0.3, -0.25) is 15.0 Å². The van der Waals surface area contributed by atoms with E-state index in [4.69, 9.17) is 5.41 Å². The molecule has 7 nitrogen and oxygen atoms in total. The zero-order valence-corrected chi connectivity index (χ0v) is 20.6. The van der Waals surface area contributed by atoms with Crippen LogP contribution in [-0.4, -0.2) is 50.5 Å². The van der Waals surface area contributed by atoms with Crippen molar-refractivity contribution >= 4 is 17.5 Å². The number of amides is 1. The molecule has 3 heterocycles. The van der Waals surface area contributed by atoms with E-state index in [1.165, 1.54) is 0 Å². The normalized spacial score (nSPS) is 16.2. The van der Waals surface area contributed by atoms with Crippen molar-refractivity contribution in [2.24, 2.45) is 0 Å². The number of ketones is 1. The monoisotopic (exact) mass is 462 g/mol. The molecule has 1 amide bonds. The third-order valence-electron chi connectivity index (χ3n) is 6.74. The highest BCUT2D eigenvalue weighted by Gasteiger charge is 2.30. The van der Waals surface area contributed by atoms with Gasteiger partial charge < -0.3 is 14.9 Å². The average molecular weight is 463 g/mol. The van der Waals surface area contributed by atoms with E-state index in [1.54, 1.807) is 21.9 Å². The number of phenols is 1. The zero-order valence-electron chi connectivity index (χ0n) is 20.6. The van der Waals surface area contributed by atoms with Crippen LogP contribution in [0.5, 0.6) is 5.75 Å². The summed E-state index contributed by atoms with van der Waals surface area (Å²) in [4.78, 5) is 33.9. The summed E-state index contributed by atoms with van der Waals surface area (Å²) in [5.74, 6) is 0.388. The van der Waals surface area contributed by atoms with Gasteiger partial charge in [0.15, 0.2) is 5.78 Å². The molecule has 2 aromatic rings. The van der Waals surface area contributed by atoms with E-state index >= 15 is 0 Å². The van der Waals surface area contributed by atoms with Gasteiger partial charge in [0.25, 0.3) is 0 Å². The van der Waals surface area contributed by atoms with Gasteiger partial charge in [-0.05, 0) is 42.9 Å². The number of nitrogens with zero attached hydrogens (tertiary/aromatic N) is 3. The lowest BCUT2D eigenvalue weighted by Crippen LogP contribution is -2.35. The molecule has 0 saturated carbocycles. The second-order valence-corrected chi connectivity index (χ2v) is 10.3. The number of piperidine rings is 1. The number of phenolic OH excluding ortho intramolecular Hbond substituents is 1. The summed E-state index contributed by atoms with van der Waals surface area (Å²) in [6, 6.07) is 7.45. The summed E-state index contributed by atoms with van der Waals surface area (Å²) >= 11 is 0. The summed E-state index contributed by atoms with van der Waals surface area (Å²) in [5.41, 5.74) is 3.94. The number of Topliss-reactive ketones (excluding diaryl/α,β-unsaturated/α-hetero) is 1. The molecule has 0 unspecified atom stereocenters. The Morgan fingerprint density at radius 3 is 2.62 bits per heavy atom. The van der Waals surface area contributed by atoms with E-state index in [0.717, 1.165) is 30.5 Å². The number of benzene rings is 1. The van der Waals surface area contributed by atoms with Gasteiger partial charge in [-0.2, -0.15) is 0 Å². The molecule has 0 radical (unpaired) electrons. The molecule has 4 rings (SSSR count). The SMILES string of the molecule is CCc1ccc2c(n1)C(=N)N(CC(=O)c1cc(CN3CCCCC3=O)c(O)c(C(C)(C)C)c1)C2. The first kappa shape index (κ1) is 23.9. The summed E-state index contributed by atoms with van der Waals surface area (Å²) in [6.45, 7) is 9.52. The Morgan fingerprint density at radius 2 is 1.94 bits per heavy atom. The molecule has 0 spiro atoms. The van der Waals surface area contributed by atoms with Gasteiger partial charge in [0.05, 0.1) is 6.54 Å². The van der Waals surface area contributed by atoms with E-state index in [1.807, 2.05) is 39.8 Å². The molecule has 1 aromatic heterocycles. The largest absolute Gasteiger partial charge is 0.507 e. The zero-order chi connectivity index (χ0) is 24.6. The van der Waals surface area contributed by atoms with Gasteiger partial charge >= 0.3 is 0 Å². The second kappa shape index (κ2) is 9.20. The Balaban J connectivity index is 1.61. The molecule has 2 N–H and O–H groups in total. The van der Waals surface area contributed by atoms with Crippen LogP contribution in [0.2, 0.25) is 0 Å². The average Bonchev–Trinajstić information content (AvgIpc) is 3.10. The second-order valence-electron chi connectivity index (χ2n) is 10.3. The number of aryl methyl sites for hydroxylation is 1. The molecule has 1 saturated heterocycles. The fourth-order valence-corrected chi connectivity index (χ4v) is 4.67. The van der Waals surface area contributed by atoms with Gasteiger partial charge in [0.1, 0.15) is 17.3 Å². The van der Waals surface area contributed by atoms with Crippen LogP contribution in [0.1, 0.15) is 85.4 Å². The topological polar surface area (TPSA) is 97.6 Å². The quantitative estimate of drug-likeness (QED) is 0.628. The van der Waals surface area contributed by atoms with Gasteiger partial charge in [-0.15, -0.1) is 0 Å². The standard InChI is InChI=1S/C27H34N4O3/c1-5-20-10-9-17-14-31(26(28)24(17)29-20)16-22(32)18-12-19(15-30-11-7-6-8-23(30)33)25(34)21(13-18)27(2,3)4/h9-10,12-13,28,34H,5-8,11,14-16H2,1-4H3. The predicted molar refractivity (Wildman–Crippen MR) is 131 cm³/mol. The molecular weight excluding hydrogens is 428 g/mol. The fourth-order valence-electron chi connectivity index (χ4n) is 4.67. The summed E-state index contributed by atoms with van der Waals surface area (Å²) in [6.07, 6.45) is 3.16. The minimum atomic E-state index is -0.377. The highest BCUT2D eigenvalue weighted by Crippen LogP contribution is 2.36. The Bertz CT molecular complexity index is 1150. The Morgan fingerprint density at radius 1 is 1.18 bits per heavy atom. The summed E-state index contributed by atoms with van der Waals surface area (Å²) in [5, 5.41) is 19.6. The van der Waals surface area contributed by atoms with Crippen molar-refractivity contribution in [1.82, 2.24) is 14.8 Å². The maximum atomic E-state index is 13.4. The molecule has 1 fully saturated rings. The van der Waals surface area contributed by atoms with Crippen molar-refractivity contribution in [2.45, 2.75) is 71.9 Å². The number of hydrogen-bond donors (Lipinski definition) is 2. The first-order chi connectivity index (χ1) is 16.1. The van der Waals surface area contributed by atoms with E-state index < -0.39 is 0 Å². The van der Waals surface area contributed by atoms with Crippen LogP contribution in [0.15, 0.2) is 24.3 Å². The Hall–Kier alpha value is -3.22. The molecule has 2 aliphatic heterocycles. The van der Waals surface area contributed by atoms with E-state index in [-0.39, 0.29) is 35.2 Å². The predicted octanol–water partition coefficient (Wildman–Crippen LogP) is 4.18. The van der Waals surface area contributed by atoms with Crippen LogP contribution < -0.4 is 0 Å². The number of fused-ring (bicyclic) bond motifs is 1. The number of aromatic hydroxyl groups is 1. The number of carbonyl (C=O) groups is 2. The molecule has 0 atom stereocenters. The minimum absolute atomic E-state index is 0.0626. The third-order valence-corrected chi connectivity index (χ3v) is 6.74. The number of likely N-dealkylation sites (tertiary alicyclic amines) is 1. The van der Waals surface area contributed by atoms with Crippen molar-refractivity contribution in [2.75, 3.05) is 13.1 Å².